The molecule has 0 atom stereocenters. The van der Waals surface area contributed by atoms with E-state index in [0.717, 1.165) is 13.0 Å². The molecule has 3 heteroatoms. The highest BCUT2D eigenvalue weighted by Crippen LogP contribution is 1.75. The van der Waals surface area contributed by atoms with Crippen LogP contribution in [0.2, 0.25) is 0 Å². The van der Waals surface area contributed by atoms with E-state index in [1.807, 2.05) is 50.2 Å². The Morgan fingerprint density at radius 2 is 1.62 bits per heavy atom. The number of hydrogen-bond acceptors (Lipinski definition) is 1. The number of aliphatic hydroxyl groups is 1. The van der Waals surface area contributed by atoms with Crippen LogP contribution in [0.15, 0.2) is 24.8 Å². The van der Waals surface area contributed by atoms with Crippen molar-refractivity contribution in [3.8, 4) is 0 Å². The molecular weight excluding hydrogens is 164 g/mol. The minimum absolute atomic E-state index is 0.258. The summed E-state index contributed by atoms with van der Waals surface area (Å²) in [6, 6.07) is 0. The van der Waals surface area contributed by atoms with Crippen molar-refractivity contribution in [2.75, 3.05) is 6.61 Å². The van der Waals surface area contributed by atoms with Gasteiger partial charge in [0, 0.05) is 13.0 Å². The molecule has 0 aromatic carbocycles. The molecule has 1 aromatic rings. The maximum absolute atomic E-state index is 8.56. The number of hydrogen-bond donors (Lipinski definition) is 1. The monoisotopic (exact) mass is 184 g/mol. The maximum atomic E-state index is 8.56. The standard InChI is InChI=1S/C8H14N2O.C2H6/c1-9-4-6-10(7-5-9)3-2-8-11;1-2/h4-7,11H,2-3,8H2,1H3;1-2H3/q+2;. The fourth-order valence-electron chi connectivity index (χ4n) is 0.883. The molecule has 0 amide bonds. The highest BCUT2D eigenvalue weighted by molar-refractivity contribution is 4.52. The minimum Gasteiger partial charge on any atom is -0.396 e. The minimum atomic E-state index is 0.258. The lowest BCUT2D eigenvalue weighted by molar-refractivity contribution is -0.740. The summed E-state index contributed by atoms with van der Waals surface area (Å²) < 4.78 is 4.03. The third-order valence-corrected chi connectivity index (χ3v) is 1.56. The second-order valence-electron chi connectivity index (χ2n) is 2.58. The highest BCUT2D eigenvalue weighted by Gasteiger charge is 2.00. The smallest absolute Gasteiger partial charge is 0.233 e. The Labute approximate surface area is 80.3 Å². The van der Waals surface area contributed by atoms with Gasteiger partial charge in [-0.3, -0.25) is 0 Å². The lowest BCUT2D eigenvalue weighted by atomic mass is 10.4. The molecule has 0 saturated heterocycles. The van der Waals surface area contributed by atoms with E-state index in [-0.39, 0.29) is 6.61 Å². The second kappa shape index (κ2) is 7.68. The van der Waals surface area contributed by atoms with Gasteiger partial charge in [-0.2, -0.15) is 9.13 Å². The molecule has 1 rings (SSSR count). The number of aliphatic hydroxyl groups excluding tert-OH is 1. The Balaban J connectivity index is 0.000000671. The van der Waals surface area contributed by atoms with Gasteiger partial charge in [-0.15, -0.1) is 0 Å². The average Bonchev–Trinajstić information content (AvgIpc) is 2.20. The van der Waals surface area contributed by atoms with Crippen LogP contribution in [0.3, 0.4) is 0 Å². The Kier molecular flexibility index (Phi) is 7.11. The fraction of sp³-hybridized carbons (Fsp3) is 0.600. The van der Waals surface area contributed by atoms with Gasteiger partial charge in [-0.05, 0) is 0 Å². The van der Waals surface area contributed by atoms with Crippen LogP contribution >= 0.6 is 0 Å². The molecule has 74 valence electrons. The van der Waals surface area contributed by atoms with Gasteiger partial charge >= 0.3 is 0 Å². The van der Waals surface area contributed by atoms with Crippen LogP contribution < -0.4 is 9.13 Å². The predicted octanol–water partition coefficient (Wildman–Crippen LogP) is 0.207. The predicted molar refractivity (Wildman–Crippen MR) is 50.9 cm³/mol. The first-order valence-electron chi connectivity index (χ1n) is 4.78. The molecule has 0 radical (unpaired) electrons. The van der Waals surface area contributed by atoms with Gasteiger partial charge in [-0.25, -0.2) is 0 Å². The quantitative estimate of drug-likeness (QED) is 0.668. The zero-order valence-corrected chi connectivity index (χ0v) is 8.77. The first-order chi connectivity index (χ1) is 6.33. The Morgan fingerprint density at radius 1 is 1.08 bits per heavy atom. The summed E-state index contributed by atoms with van der Waals surface area (Å²) in [7, 11) is 1.98. The zero-order chi connectivity index (χ0) is 10.1. The second-order valence-corrected chi connectivity index (χ2v) is 2.58. The first-order valence-corrected chi connectivity index (χ1v) is 4.78. The number of nitrogens with zero attached hydrogens (tertiary/aromatic N) is 2. The molecule has 1 aromatic heterocycles. The molecule has 1 heterocycles. The molecule has 0 aliphatic carbocycles. The summed E-state index contributed by atoms with van der Waals surface area (Å²) in [6.07, 6.45) is 8.78. The van der Waals surface area contributed by atoms with Gasteiger partial charge in [0.25, 0.3) is 0 Å². The van der Waals surface area contributed by atoms with E-state index >= 15 is 0 Å². The van der Waals surface area contributed by atoms with E-state index in [0.29, 0.717) is 0 Å². The van der Waals surface area contributed by atoms with E-state index < -0.39 is 0 Å². The van der Waals surface area contributed by atoms with Crippen LogP contribution in [0.5, 0.6) is 0 Å². The molecule has 3 nitrogen and oxygen atoms in total. The van der Waals surface area contributed by atoms with Crippen LogP contribution in [0.4, 0.5) is 0 Å². The number of aromatic nitrogens is 2. The van der Waals surface area contributed by atoms with Gasteiger partial charge in [-0.1, -0.05) is 13.8 Å². The van der Waals surface area contributed by atoms with Crippen LogP contribution in [0, 0.1) is 0 Å². The molecule has 0 saturated carbocycles. The summed E-state index contributed by atoms with van der Waals surface area (Å²) >= 11 is 0. The van der Waals surface area contributed by atoms with E-state index in [9.17, 15) is 0 Å². The highest BCUT2D eigenvalue weighted by atomic mass is 16.3. The molecule has 0 spiro atoms. The largest absolute Gasteiger partial charge is 0.396 e. The lowest BCUT2D eigenvalue weighted by Crippen LogP contribution is -2.39. The lowest BCUT2D eigenvalue weighted by Gasteiger charge is -1.91. The van der Waals surface area contributed by atoms with Crippen molar-refractivity contribution in [3.63, 3.8) is 0 Å². The molecule has 0 aliphatic rings. The van der Waals surface area contributed by atoms with Crippen molar-refractivity contribution in [1.29, 1.82) is 0 Å². The van der Waals surface area contributed by atoms with Crippen molar-refractivity contribution in [2.45, 2.75) is 26.8 Å². The van der Waals surface area contributed by atoms with E-state index in [1.54, 1.807) is 0 Å². The van der Waals surface area contributed by atoms with Crippen molar-refractivity contribution in [3.05, 3.63) is 24.8 Å². The first kappa shape index (κ1) is 12.0. The summed E-state index contributed by atoms with van der Waals surface area (Å²) in [5.74, 6) is 0. The van der Waals surface area contributed by atoms with E-state index in [2.05, 4.69) is 4.57 Å². The van der Waals surface area contributed by atoms with Crippen molar-refractivity contribution in [2.24, 2.45) is 7.05 Å². The molecule has 13 heavy (non-hydrogen) atoms. The molecular formula is C10H20N2O+2. The zero-order valence-electron chi connectivity index (χ0n) is 8.77. The topological polar surface area (TPSA) is 28.0 Å². The SMILES string of the molecule is CC.C[n+]1cc[n+](CCCO)cc1. The van der Waals surface area contributed by atoms with E-state index in [1.165, 1.54) is 0 Å². The Hall–Kier alpha value is -0.960. The summed E-state index contributed by atoms with van der Waals surface area (Å²) in [5.41, 5.74) is 0. The van der Waals surface area contributed by atoms with Crippen molar-refractivity contribution < 1.29 is 14.2 Å². The van der Waals surface area contributed by atoms with Gasteiger partial charge in [0.1, 0.15) is 7.05 Å². The normalized spacial score (nSPS) is 8.92. The third-order valence-electron chi connectivity index (χ3n) is 1.56. The molecule has 0 fully saturated rings. The Bertz CT molecular complexity index is 209. The molecule has 1 N–H and O–H groups in total. The average molecular weight is 184 g/mol. The summed E-state index contributed by atoms with van der Waals surface area (Å²) in [4.78, 5) is 0. The van der Waals surface area contributed by atoms with Crippen molar-refractivity contribution in [1.82, 2.24) is 0 Å². The summed E-state index contributed by atoms with van der Waals surface area (Å²) in [5, 5.41) is 8.56. The van der Waals surface area contributed by atoms with Gasteiger partial charge in [0.2, 0.25) is 24.8 Å². The third kappa shape index (κ3) is 5.31. The molecule has 0 bridgehead atoms. The maximum Gasteiger partial charge on any atom is 0.233 e. The van der Waals surface area contributed by atoms with Crippen LogP contribution in [0.1, 0.15) is 20.3 Å². The fourth-order valence-corrected chi connectivity index (χ4v) is 0.883. The van der Waals surface area contributed by atoms with Crippen LogP contribution in [-0.4, -0.2) is 11.7 Å². The molecule has 0 unspecified atom stereocenters. The van der Waals surface area contributed by atoms with Crippen LogP contribution in [0.25, 0.3) is 0 Å². The van der Waals surface area contributed by atoms with Crippen LogP contribution in [-0.2, 0) is 13.6 Å². The van der Waals surface area contributed by atoms with Crippen molar-refractivity contribution >= 4 is 0 Å². The van der Waals surface area contributed by atoms with E-state index in [4.69, 9.17) is 5.11 Å². The van der Waals surface area contributed by atoms with Gasteiger partial charge in [0.15, 0.2) is 6.54 Å². The van der Waals surface area contributed by atoms with Gasteiger partial charge < -0.3 is 5.11 Å². The van der Waals surface area contributed by atoms with Gasteiger partial charge in [0.05, 0.1) is 0 Å². The number of rotatable bonds is 3. The number of aryl methyl sites for hydroxylation is 2. The summed E-state index contributed by atoms with van der Waals surface area (Å²) in [6.45, 7) is 5.14. The Morgan fingerprint density at radius 3 is 2.08 bits per heavy atom. The molecule has 0 aliphatic heterocycles.